The molecular weight excluding hydrogens is 392 g/mol. The zero-order valence-electron chi connectivity index (χ0n) is 15.4. The van der Waals surface area contributed by atoms with Gasteiger partial charge in [0.25, 0.3) is 0 Å². The van der Waals surface area contributed by atoms with Gasteiger partial charge in [-0.2, -0.15) is 13.2 Å². The van der Waals surface area contributed by atoms with Crippen molar-refractivity contribution >= 4 is 5.91 Å². The number of rotatable bonds is 5. The summed E-state index contributed by atoms with van der Waals surface area (Å²) in [5.74, 6) is -1.59. The minimum atomic E-state index is -4.62. The minimum absolute atomic E-state index is 0.132. The van der Waals surface area contributed by atoms with Crippen molar-refractivity contribution in [3.05, 3.63) is 70.0 Å². The smallest absolute Gasteiger partial charge is 0.392 e. The molecule has 1 saturated heterocycles. The molecule has 2 aromatic rings. The number of morpholine rings is 1. The summed E-state index contributed by atoms with van der Waals surface area (Å²) >= 11 is 0. The van der Waals surface area contributed by atoms with E-state index in [1.165, 1.54) is 6.07 Å². The molecule has 0 saturated carbocycles. The van der Waals surface area contributed by atoms with Crippen molar-refractivity contribution in [2.75, 3.05) is 19.7 Å². The summed E-state index contributed by atoms with van der Waals surface area (Å²) < 4.78 is 58.1. The SMILES string of the molecule is NC(=O)c1ccc([C@H]2CN(Cc3cc(F)cc(C(F)(F)F)c3)CCO2)cc1CO. The summed E-state index contributed by atoms with van der Waals surface area (Å²) in [6.07, 6.45) is -5.03. The summed E-state index contributed by atoms with van der Waals surface area (Å²) in [6.45, 7) is 0.927. The Morgan fingerprint density at radius 1 is 1.24 bits per heavy atom. The predicted molar refractivity (Wildman–Crippen MR) is 96.3 cm³/mol. The number of primary amides is 1. The van der Waals surface area contributed by atoms with Gasteiger partial charge in [-0.15, -0.1) is 0 Å². The van der Waals surface area contributed by atoms with Gasteiger partial charge in [0.2, 0.25) is 5.91 Å². The second-order valence-corrected chi connectivity index (χ2v) is 6.88. The molecule has 1 atom stereocenters. The lowest BCUT2D eigenvalue weighted by Gasteiger charge is -2.33. The maximum absolute atomic E-state index is 13.6. The molecule has 9 heteroatoms. The normalized spacial score (nSPS) is 18.0. The van der Waals surface area contributed by atoms with E-state index in [2.05, 4.69) is 0 Å². The molecule has 0 radical (unpaired) electrons. The van der Waals surface area contributed by atoms with Crippen LogP contribution in [-0.4, -0.2) is 35.6 Å². The molecule has 1 aliphatic heterocycles. The number of nitrogens with two attached hydrogens (primary N) is 1. The fourth-order valence-electron chi connectivity index (χ4n) is 3.40. The van der Waals surface area contributed by atoms with E-state index in [0.29, 0.717) is 36.9 Å². The van der Waals surface area contributed by atoms with Crippen LogP contribution in [0.15, 0.2) is 36.4 Å². The Balaban J connectivity index is 1.77. The summed E-state index contributed by atoms with van der Waals surface area (Å²) in [4.78, 5) is 13.3. The topological polar surface area (TPSA) is 75.8 Å². The molecule has 0 bridgehead atoms. The third-order valence-corrected chi connectivity index (χ3v) is 4.78. The van der Waals surface area contributed by atoms with Gasteiger partial charge in [0, 0.05) is 25.2 Å². The number of ether oxygens (including phenoxy) is 1. The average Bonchev–Trinajstić information content (AvgIpc) is 2.66. The number of hydrogen-bond donors (Lipinski definition) is 2. The van der Waals surface area contributed by atoms with E-state index in [9.17, 15) is 27.5 Å². The Labute approximate surface area is 164 Å². The number of halogens is 4. The summed E-state index contributed by atoms with van der Waals surface area (Å²) in [7, 11) is 0. The number of amides is 1. The molecule has 1 heterocycles. The third kappa shape index (κ3) is 5.11. The van der Waals surface area contributed by atoms with Crippen molar-refractivity contribution < 1.29 is 32.2 Å². The molecule has 2 aromatic carbocycles. The molecule has 156 valence electrons. The Morgan fingerprint density at radius 3 is 2.66 bits per heavy atom. The van der Waals surface area contributed by atoms with Gasteiger partial charge in [-0.3, -0.25) is 9.69 Å². The van der Waals surface area contributed by atoms with Crippen LogP contribution in [0.2, 0.25) is 0 Å². The number of benzene rings is 2. The van der Waals surface area contributed by atoms with Crippen LogP contribution in [0.4, 0.5) is 17.6 Å². The highest BCUT2D eigenvalue weighted by molar-refractivity contribution is 5.94. The van der Waals surface area contributed by atoms with Gasteiger partial charge in [-0.25, -0.2) is 4.39 Å². The van der Waals surface area contributed by atoms with Crippen LogP contribution in [0.5, 0.6) is 0 Å². The van der Waals surface area contributed by atoms with Gasteiger partial charge >= 0.3 is 6.18 Å². The van der Waals surface area contributed by atoms with Crippen LogP contribution < -0.4 is 5.73 Å². The number of carbonyl (C=O) groups excluding carboxylic acids is 1. The maximum Gasteiger partial charge on any atom is 0.416 e. The van der Waals surface area contributed by atoms with Gasteiger partial charge in [0.15, 0.2) is 0 Å². The zero-order chi connectivity index (χ0) is 21.2. The Kier molecular flexibility index (Phi) is 6.21. The summed E-state index contributed by atoms with van der Waals surface area (Å²) in [6, 6.07) is 7.30. The lowest BCUT2D eigenvalue weighted by Crippen LogP contribution is -2.38. The number of aliphatic hydroxyl groups is 1. The van der Waals surface area contributed by atoms with E-state index in [0.717, 1.165) is 12.1 Å². The molecule has 1 fully saturated rings. The van der Waals surface area contributed by atoms with Gasteiger partial charge in [-0.05, 0) is 41.0 Å². The molecule has 1 aliphatic rings. The highest BCUT2D eigenvalue weighted by Gasteiger charge is 2.32. The number of aliphatic hydroxyl groups excluding tert-OH is 1. The van der Waals surface area contributed by atoms with E-state index in [4.69, 9.17) is 10.5 Å². The standard InChI is InChI=1S/C20H20F4N2O3/c21-16-6-12(5-15(8-16)20(22,23)24)9-26-3-4-29-18(10-26)13-1-2-17(19(25)28)14(7-13)11-27/h1-2,5-8,18,27H,3-4,9-11H2,(H2,25,28)/t18-/m1/s1. The number of hydrogen-bond acceptors (Lipinski definition) is 4. The third-order valence-electron chi connectivity index (χ3n) is 4.78. The highest BCUT2D eigenvalue weighted by Crippen LogP contribution is 2.31. The van der Waals surface area contributed by atoms with Crippen LogP contribution >= 0.6 is 0 Å². The lowest BCUT2D eigenvalue weighted by molar-refractivity contribution is -0.137. The Hall–Kier alpha value is -2.49. The number of carbonyl (C=O) groups is 1. The summed E-state index contributed by atoms with van der Waals surface area (Å²) in [5, 5.41) is 9.47. The lowest BCUT2D eigenvalue weighted by atomic mass is 9.99. The highest BCUT2D eigenvalue weighted by atomic mass is 19.4. The van der Waals surface area contributed by atoms with E-state index in [-0.39, 0.29) is 24.3 Å². The first-order chi connectivity index (χ1) is 13.7. The Bertz CT molecular complexity index is 902. The quantitative estimate of drug-likeness (QED) is 0.741. The molecule has 3 rings (SSSR count). The maximum atomic E-state index is 13.6. The second-order valence-electron chi connectivity index (χ2n) is 6.88. The molecule has 3 N–H and O–H groups in total. The van der Waals surface area contributed by atoms with Crippen molar-refractivity contribution in [1.29, 1.82) is 0 Å². The first-order valence-corrected chi connectivity index (χ1v) is 8.91. The predicted octanol–water partition coefficient (Wildman–Crippen LogP) is 3.01. The first kappa shape index (κ1) is 21.2. The van der Waals surface area contributed by atoms with Gasteiger partial charge in [0.1, 0.15) is 5.82 Å². The van der Waals surface area contributed by atoms with Crippen LogP contribution in [0.25, 0.3) is 0 Å². The van der Waals surface area contributed by atoms with Crippen molar-refractivity contribution in [2.24, 2.45) is 5.73 Å². The zero-order valence-corrected chi connectivity index (χ0v) is 15.4. The van der Waals surface area contributed by atoms with Gasteiger partial charge in [0.05, 0.1) is 24.9 Å². The van der Waals surface area contributed by atoms with Gasteiger partial charge in [-0.1, -0.05) is 12.1 Å². The van der Waals surface area contributed by atoms with Crippen molar-refractivity contribution in [3.63, 3.8) is 0 Å². The van der Waals surface area contributed by atoms with Crippen molar-refractivity contribution in [1.82, 2.24) is 4.90 Å². The minimum Gasteiger partial charge on any atom is -0.392 e. The number of nitrogens with zero attached hydrogens (tertiary/aromatic N) is 1. The fraction of sp³-hybridized carbons (Fsp3) is 0.350. The monoisotopic (exact) mass is 412 g/mol. The second kappa shape index (κ2) is 8.48. The summed E-state index contributed by atoms with van der Waals surface area (Å²) in [5.41, 5.74) is 5.77. The molecule has 0 unspecified atom stereocenters. The number of alkyl halides is 3. The van der Waals surface area contributed by atoms with Crippen LogP contribution in [0.1, 0.15) is 38.7 Å². The van der Waals surface area contributed by atoms with Gasteiger partial charge < -0.3 is 15.6 Å². The first-order valence-electron chi connectivity index (χ1n) is 8.91. The van der Waals surface area contributed by atoms with Crippen molar-refractivity contribution in [3.8, 4) is 0 Å². The van der Waals surface area contributed by atoms with E-state index in [1.54, 1.807) is 12.1 Å². The molecule has 29 heavy (non-hydrogen) atoms. The molecule has 0 aliphatic carbocycles. The van der Waals surface area contributed by atoms with E-state index >= 15 is 0 Å². The largest absolute Gasteiger partial charge is 0.416 e. The van der Waals surface area contributed by atoms with E-state index < -0.39 is 29.6 Å². The molecule has 5 nitrogen and oxygen atoms in total. The van der Waals surface area contributed by atoms with Crippen LogP contribution in [-0.2, 0) is 24.1 Å². The molecule has 0 spiro atoms. The van der Waals surface area contributed by atoms with Crippen molar-refractivity contribution in [2.45, 2.75) is 25.4 Å². The fourth-order valence-corrected chi connectivity index (χ4v) is 3.40. The van der Waals surface area contributed by atoms with Crippen LogP contribution in [0, 0.1) is 5.82 Å². The van der Waals surface area contributed by atoms with Crippen LogP contribution in [0.3, 0.4) is 0 Å². The molecule has 0 aromatic heterocycles. The van der Waals surface area contributed by atoms with E-state index in [1.807, 2.05) is 4.90 Å². The average molecular weight is 412 g/mol. The molecular formula is C20H20F4N2O3. The molecule has 1 amide bonds. The Morgan fingerprint density at radius 2 is 2.00 bits per heavy atom.